The minimum Gasteiger partial charge on any atom is -0.472 e. The van der Waals surface area contributed by atoms with Crippen LogP contribution < -0.4 is 0 Å². The van der Waals surface area contributed by atoms with Crippen LogP contribution >= 0.6 is 11.3 Å². The van der Waals surface area contributed by atoms with E-state index in [0.29, 0.717) is 0 Å². The Kier molecular flexibility index (Phi) is 2.10. The summed E-state index contributed by atoms with van der Waals surface area (Å²) in [5.41, 5.74) is 7.81. The number of aliphatic carboxylic acids is 1. The predicted octanol–water partition coefficient (Wildman–Crippen LogP) is 0.247. The van der Waals surface area contributed by atoms with Crippen LogP contribution in [0.5, 0.6) is 0 Å². The van der Waals surface area contributed by atoms with Crippen LogP contribution in [0.1, 0.15) is 5.01 Å². The molecular formula is C5H3N3O2S. The molecule has 0 fully saturated rings. The summed E-state index contributed by atoms with van der Waals surface area (Å²) in [6.07, 6.45) is 1.44. The molecule has 0 aliphatic rings. The molecule has 1 aromatic heterocycles. The SMILES string of the molecule is [N-]=[N+]=C(C(=O)O)c1nccs1. The highest BCUT2D eigenvalue weighted by Crippen LogP contribution is 2.03. The number of hydrogen-bond acceptors (Lipinski definition) is 3. The van der Waals surface area contributed by atoms with Crippen molar-refractivity contribution in [1.29, 1.82) is 0 Å². The summed E-state index contributed by atoms with van der Waals surface area (Å²) in [7, 11) is 0. The lowest BCUT2D eigenvalue weighted by atomic mass is 10.4. The molecule has 0 unspecified atom stereocenters. The number of aromatic nitrogens is 1. The van der Waals surface area contributed by atoms with Crippen molar-refractivity contribution in [1.82, 2.24) is 4.98 Å². The molecule has 0 aliphatic heterocycles. The summed E-state index contributed by atoms with van der Waals surface area (Å²) in [6.45, 7) is 0. The highest BCUT2D eigenvalue weighted by atomic mass is 32.1. The first kappa shape index (κ1) is 7.59. The summed E-state index contributed by atoms with van der Waals surface area (Å²) in [6, 6.07) is 0. The van der Waals surface area contributed by atoms with Crippen LogP contribution in [0.4, 0.5) is 0 Å². The second kappa shape index (κ2) is 3.05. The molecule has 1 heterocycles. The number of nitrogens with zero attached hydrogens (tertiary/aromatic N) is 3. The zero-order valence-electron chi connectivity index (χ0n) is 5.26. The van der Waals surface area contributed by atoms with Crippen molar-refractivity contribution in [3.8, 4) is 0 Å². The quantitative estimate of drug-likeness (QED) is 0.391. The number of carboxylic acids is 1. The Morgan fingerprint density at radius 3 is 2.91 bits per heavy atom. The largest absolute Gasteiger partial charge is 0.472 e. The molecule has 56 valence electrons. The van der Waals surface area contributed by atoms with Gasteiger partial charge in [-0.15, -0.1) is 11.3 Å². The fourth-order valence-corrected chi connectivity index (χ4v) is 1.13. The second-order valence-electron chi connectivity index (χ2n) is 1.59. The Morgan fingerprint density at radius 1 is 1.82 bits per heavy atom. The van der Waals surface area contributed by atoms with E-state index in [1.807, 2.05) is 0 Å². The highest BCUT2D eigenvalue weighted by molar-refractivity contribution is 7.12. The third-order valence-corrected chi connectivity index (χ3v) is 1.72. The average Bonchev–Trinajstić information content (AvgIpc) is 2.40. The van der Waals surface area contributed by atoms with Crippen LogP contribution in [-0.4, -0.2) is 26.6 Å². The summed E-state index contributed by atoms with van der Waals surface area (Å²) < 4.78 is 0. The zero-order valence-corrected chi connectivity index (χ0v) is 6.08. The van der Waals surface area contributed by atoms with Gasteiger partial charge in [-0.25, -0.2) is 9.78 Å². The Labute approximate surface area is 65.6 Å². The number of thiazole rings is 1. The van der Waals surface area contributed by atoms with Crippen LogP contribution in [0.3, 0.4) is 0 Å². The summed E-state index contributed by atoms with van der Waals surface area (Å²) >= 11 is 1.10. The summed E-state index contributed by atoms with van der Waals surface area (Å²) in [5.74, 6) is -1.29. The molecule has 0 bridgehead atoms. The summed E-state index contributed by atoms with van der Waals surface area (Å²) in [4.78, 5) is 16.6. The van der Waals surface area contributed by atoms with Gasteiger partial charge in [0.1, 0.15) is 0 Å². The first-order valence-corrected chi connectivity index (χ1v) is 3.49. The highest BCUT2D eigenvalue weighted by Gasteiger charge is 2.23. The molecule has 5 nitrogen and oxygen atoms in total. The lowest BCUT2D eigenvalue weighted by Gasteiger charge is -1.80. The molecule has 0 aliphatic carbocycles. The van der Waals surface area contributed by atoms with Crippen LogP contribution in [-0.2, 0) is 4.79 Å². The van der Waals surface area contributed by atoms with Gasteiger partial charge in [-0.3, -0.25) is 0 Å². The van der Waals surface area contributed by atoms with Gasteiger partial charge in [0.15, 0.2) is 0 Å². The Hall–Kier alpha value is -1.52. The topological polar surface area (TPSA) is 86.6 Å². The number of carboxylic acid groups (broad SMARTS) is 1. The summed E-state index contributed by atoms with van der Waals surface area (Å²) in [5, 5.41) is 10.2. The molecule has 0 atom stereocenters. The minimum absolute atomic E-state index is 0.194. The van der Waals surface area contributed by atoms with Crippen molar-refractivity contribution in [2.45, 2.75) is 0 Å². The van der Waals surface area contributed by atoms with Gasteiger partial charge in [-0.1, -0.05) is 0 Å². The van der Waals surface area contributed by atoms with Gasteiger partial charge in [-0.05, 0) is 0 Å². The fraction of sp³-hybridized carbons (Fsp3) is 0. The molecular weight excluding hydrogens is 166 g/mol. The minimum atomic E-state index is -1.29. The molecule has 0 saturated carbocycles. The molecule has 1 rings (SSSR count). The monoisotopic (exact) mass is 169 g/mol. The van der Waals surface area contributed by atoms with E-state index >= 15 is 0 Å². The average molecular weight is 169 g/mol. The first-order chi connectivity index (χ1) is 5.25. The molecule has 0 saturated heterocycles. The number of rotatable bonds is 2. The molecule has 11 heavy (non-hydrogen) atoms. The van der Waals surface area contributed by atoms with Crippen molar-refractivity contribution < 1.29 is 14.7 Å². The zero-order chi connectivity index (χ0) is 8.27. The standard InChI is InChI=1S/C5H3N3O2S/c6-8-3(5(9)10)4-7-1-2-11-4/h1-2H,(H,9,10). The molecule has 0 amide bonds. The first-order valence-electron chi connectivity index (χ1n) is 2.61. The maximum atomic E-state index is 10.3. The van der Waals surface area contributed by atoms with Gasteiger partial charge < -0.3 is 10.6 Å². The fourth-order valence-electron chi connectivity index (χ4n) is 0.517. The maximum Gasteiger partial charge on any atom is 0.434 e. The van der Waals surface area contributed by atoms with E-state index in [9.17, 15) is 4.79 Å². The Morgan fingerprint density at radius 2 is 2.55 bits per heavy atom. The van der Waals surface area contributed by atoms with Crippen LogP contribution in [0.2, 0.25) is 0 Å². The van der Waals surface area contributed by atoms with Gasteiger partial charge in [0.2, 0.25) is 5.01 Å². The lowest BCUT2D eigenvalue weighted by Crippen LogP contribution is -2.14. The molecule has 1 aromatic rings. The van der Waals surface area contributed by atoms with E-state index in [4.69, 9.17) is 10.6 Å². The molecule has 6 heteroatoms. The Bertz CT molecular complexity index is 312. The smallest absolute Gasteiger partial charge is 0.434 e. The van der Waals surface area contributed by atoms with Gasteiger partial charge in [0, 0.05) is 11.6 Å². The van der Waals surface area contributed by atoms with E-state index in [2.05, 4.69) is 9.77 Å². The third-order valence-electron chi connectivity index (χ3n) is 0.937. The van der Waals surface area contributed by atoms with Crippen molar-refractivity contribution >= 4 is 23.0 Å². The van der Waals surface area contributed by atoms with E-state index in [1.165, 1.54) is 6.20 Å². The van der Waals surface area contributed by atoms with Gasteiger partial charge in [-0.2, -0.15) is 4.79 Å². The van der Waals surface area contributed by atoms with Gasteiger partial charge in [0.25, 0.3) is 0 Å². The van der Waals surface area contributed by atoms with Crippen molar-refractivity contribution in [2.24, 2.45) is 0 Å². The second-order valence-corrected chi connectivity index (χ2v) is 2.49. The van der Waals surface area contributed by atoms with Crippen molar-refractivity contribution in [3.05, 3.63) is 22.1 Å². The molecule has 0 spiro atoms. The van der Waals surface area contributed by atoms with Crippen molar-refractivity contribution in [3.63, 3.8) is 0 Å². The maximum absolute atomic E-state index is 10.3. The molecule has 1 N–H and O–H groups in total. The van der Waals surface area contributed by atoms with Crippen LogP contribution in [0.15, 0.2) is 11.6 Å². The number of hydrogen-bond donors (Lipinski definition) is 1. The van der Waals surface area contributed by atoms with E-state index in [1.54, 1.807) is 5.38 Å². The van der Waals surface area contributed by atoms with Crippen LogP contribution in [0.25, 0.3) is 5.53 Å². The van der Waals surface area contributed by atoms with Gasteiger partial charge in [0.05, 0.1) is 0 Å². The van der Waals surface area contributed by atoms with E-state index < -0.39 is 11.7 Å². The lowest BCUT2D eigenvalue weighted by molar-refractivity contribution is -0.133. The predicted molar refractivity (Wildman–Crippen MR) is 37.5 cm³/mol. The normalized spacial score (nSPS) is 8.73. The number of carbonyl (C=O) groups is 1. The molecule has 0 aromatic carbocycles. The van der Waals surface area contributed by atoms with E-state index in [0.717, 1.165) is 11.3 Å². The van der Waals surface area contributed by atoms with Gasteiger partial charge >= 0.3 is 11.7 Å². The van der Waals surface area contributed by atoms with Crippen LogP contribution in [0, 0.1) is 0 Å². The Balaban J connectivity index is 3.09. The van der Waals surface area contributed by atoms with E-state index in [-0.39, 0.29) is 5.01 Å². The third kappa shape index (κ3) is 1.49. The van der Waals surface area contributed by atoms with Crippen molar-refractivity contribution in [2.75, 3.05) is 0 Å². The molecule has 0 radical (unpaired) electrons.